The van der Waals surface area contributed by atoms with Crippen molar-refractivity contribution in [2.45, 2.75) is 52.4 Å². The van der Waals surface area contributed by atoms with E-state index in [9.17, 15) is 0 Å². The minimum Gasteiger partial charge on any atom is -0.383 e. The topological polar surface area (TPSA) is 24.4 Å². The Morgan fingerprint density at radius 2 is 2.20 bits per heavy atom. The van der Waals surface area contributed by atoms with Gasteiger partial charge in [-0.3, -0.25) is 4.99 Å². The van der Waals surface area contributed by atoms with Gasteiger partial charge in [0.2, 0.25) is 0 Å². The highest BCUT2D eigenvalue weighted by molar-refractivity contribution is 5.93. The molecule has 2 atom stereocenters. The van der Waals surface area contributed by atoms with Crippen molar-refractivity contribution in [1.82, 2.24) is 0 Å². The van der Waals surface area contributed by atoms with Crippen LogP contribution in [0.5, 0.6) is 0 Å². The van der Waals surface area contributed by atoms with Gasteiger partial charge in [-0.05, 0) is 56.1 Å². The van der Waals surface area contributed by atoms with Gasteiger partial charge >= 0.3 is 0 Å². The number of benzene rings is 1. The lowest BCUT2D eigenvalue weighted by Crippen LogP contribution is -2.09. The average Bonchev–Trinajstić information content (AvgIpc) is 2.73. The Balaban J connectivity index is 1.89. The Hall–Kier alpha value is -1.31. The van der Waals surface area contributed by atoms with Crippen LogP contribution in [0, 0.1) is 18.8 Å². The molecule has 108 valence electrons. The molecule has 2 unspecified atom stereocenters. The molecule has 2 aliphatic rings. The van der Waals surface area contributed by atoms with E-state index in [-0.39, 0.29) is 0 Å². The molecule has 3 rings (SSSR count). The molecular formula is C18H26N2. The van der Waals surface area contributed by atoms with Crippen LogP contribution in [0.15, 0.2) is 23.2 Å². The molecule has 2 heteroatoms. The quantitative estimate of drug-likeness (QED) is 0.808. The van der Waals surface area contributed by atoms with Gasteiger partial charge in [0.25, 0.3) is 0 Å². The van der Waals surface area contributed by atoms with Crippen molar-refractivity contribution < 1.29 is 0 Å². The summed E-state index contributed by atoms with van der Waals surface area (Å²) in [5.74, 6) is 1.69. The second kappa shape index (κ2) is 5.99. The Bertz CT molecular complexity index is 504. The first kappa shape index (κ1) is 13.7. The number of aryl methyl sites for hydroxylation is 1. The van der Waals surface area contributed by atoms with E-state index in [4.69, 9.17) is 4.99 Å². The fourth-order valence-electron chi connectivity index (χ4n) is 3.73. The number of para-hydroxylation sites is 1. The number of hydrogen-bond acceptors (Lipinski definition) is 2. The fraction of sp³-hybridized carbons (Fsp3) is 0.611. The number of rotatable bonds is 4. The van der Waals surface area contributed by atoms with Crippen LogP contribution < -0.4 is 5.32 Å². The third-order valence-electron chi connectivity index (χ3n) is 4.81. The van der Waals surface area contributed by atoms with Crippen LogP contribution in [0.2, 0.25) is 0 Å². The van der Waals surface area contributed by atoms with Crippen LogP contribution in [0.4, 0.5) is 11.4 Å². The predicted octanol–water partition coefficient (Wildman–Crippen LogP) is 5.10. The van der Waals surface area contributed by atoms with Crippen molar-refractivity contribution in [3.8, 4) is 0 Å². The maximum Gasteiger partial charge on any atom is 0.0889 e. The second-order valence-electron chi connectivity index (χ2n) is 6.43. The zero-order valence-corrected chi connectivity index (χ0v) is 12.8. The summed E-state index contributed by atoms with van der Waals surface area (Å²) < 4.78 is 0. The number of nitrogens with one attached hydrogen (secondary N) is 1. The normalized spacial score (nSPS) is 27.0. The summed E-state index contributed by atoms with van der Waals surface area (Å²) >= 11 is 0. The number of anilines is 1. The molecule has 0 saturated heterocycles. The van der Waals surface area contributed by atoms with Gasteiger partial charge in [-0.1, -0.05) is 31.9 Å². The molecule has 2 fully saturated rings. The zero-order chi connectivity index (χ0) is 13.9. The van der Waals surface area contributed by atoms with Crippen molar-refractivity contribution in [3.63, 3.8) is 0 Å². The van der Waals surface area contributed by atoms with Crippen molar-refractivity contribution >= 4 is 17.1 Å². The zero-order valence-electron chi connectivity index (χ0n) is 12.8. The molecule has 0 aliphatic heterocycles. The monoisotopic (exact) mass is 270 g/mol. The van der Waals surface area contributed by atoms with Crippen LogP contribution in [-0.2, 0) is 0 Å². The molecule has 0 amide bonds. The number of hydrogen-bond donors (Lipinski definition) is 1. The van der Waals surface area contributed by atoms with Crippen LogP contribution in [0.3, 0.4) is 0 Å². The largest absolute Gasteiger partial charge is 0.383 e. The molecule has 0 aromatic heterocycles. The van der Waals surface area contributed by atoms with Crippen molar-refractivity contribution in [2.24, 2.45) is 16.8 Å². The Kier molecular flexibility index (Phi) is 4.09. The summed E-state index contributed by atoms with van der Waals surface area (Å²) in [7, 11) is 0. The SMILES string of the molecule is CCCNc1cccc(C)c1N=C1CC2CCCC1C2. The molecule has 1 N–H and O–H groups in total. The van der Waals surface area contributed by atoms with Gasteiger partial charge in [0.15, 0.2) is 0 Å². The molecular weight excluding hydrogens is 244 g/mol. The van der Waals surface area contributed by atoms with Gasteiger partial charge in [-0.15, -0.1) is 0 Å². The molecule has 2 aliphatic carbocycles. The van der Waals surface area contributed by atoms with Gasteiger partial charge < -0.3 is 5.32 Å². The van der Waals surface area contributed by atoms with Crippen molar-refractivity contribution in [3.05, 3.63) is 23.8 Å². The molecule has 1 aromatic carbocycles. The van der Waals surface area contributed by atoms with E-state index < -0.39 is 0 Å². The van der Waals surface area contributed by atoms with Crippen LogP contribution >= 0.6 is 0 Å². The first-order valence-corrected chi connectivity index (χ1v) is 8.19. The summed E-state index contributed by atoms with van der Waals surface area (Å²) in [5, 5.41) is 3.53. The Labute approximate surface area is 122 Å². The predicted molar refractivity (Wildman–Crippen MR) is 87.1 cm³/mol. The van der Waals surface area contributed by atoms with Crippen LogP contribution in [-0.4, -0.2) is 12.3 Å². The van der Waals surface area contributed by atoms with Crippen LogP contribution in [0.1, 0.15) is 51.0 Å². The summed E-state index contributed by atoms with van der Waals surface area (Å²) in [4.78, 5) is 5.11. The molecule has 2 saturated carbocycles. The first-order valence-electron chi connectivity index (χ1n) is 8.19. The maximum absolute atomic E-state index is 5.11. The van der Waals surface area contributed by atoms with Crippen LogP contribution in [0.25, 0.3) is 0 Å². The molecule has 2 bridgehead atoms. The number of fused-ring (bicyclic) bond motifs is 2. The van der Waals surface area contributed by atoms with Gasteiger partial charge in [0.1, 0.15) is 0 Å². The van der Waals surface area contributed by atoms with E-state index in [2.05, 4.69) is 37.4 Å². The molecule has 20 heavy (non-hydrogen) atoms. The Morgan fingerprint density at radius 3 is 3.00 bits per heavy atom. The van der Waals surface area contributed by atoms with E-state index >= 15 is 0 Å². The first-order chi connectivity index (χ1) is 9.78. The maximum atomic E-state index is 5.11. The van der Waals surface area contributed by atoms with E-state index in [0.717, 1.165) is 24.8 Å². The number of nitrogens with zero attached hydrogens (tertiary/aromatic N) is 1. The summed E-state index contributed by atoms with van der Waals surface area (Å²) in [6, 6.07) is 6.48. The average molecular weight is 270 g/mol. The van der Waals surface area contributed by atoms with E-state index in [0.29, 0.717) is 0 Å². The van der Waals surface area contributed by atoms with Gasteiger partial charge in [0.05, 0.1) is 11.4 Å². The standard InChI is InChI=1S/C18H26N2/c1-3-10-19-16-9-4-6-13(2)18(16)20-17-12-14-7-5-8-15(17)11-14/h4,6,9,14-15,19H,3,5,7-8,10-12H2,1-2H3. The lowest BCUT2D eigenvalue weighted by atomic mass is 9.89. The lowest BCUT2D eigenvalue weighted by molar-refractivity contribution is 0.372. The molecule has 0 heterocycles. The second-order valence-corrected chi connectivity index (χ2v) is 6.43. The highest BCUT2D eigenvalue weighted by Gasteiger charge is 2.33. The smallest absolute Gasteiger partial charge is 0.0889 e. The third kappa shape index (κ3) is 2.74. The van der Waals surface area contributed by atoms with Gasteiger partial charge in [-0.2, -0.15) is 0 Å². The van der Waals surface area contributed by atoms with Gasteiger partial charge in [-0.25, -0.2) is 0 Å². The fourth-order valence-corrected chi connectivity index (χ4v) is 3.73. The van der Waals surface area contributed by atoms with E-state index in [1.165, 1.54) is 54.8 Å². The van der Waals surface area contributed by atoms with E-state index in [1.54, 1.807) is 0 Å². The third-order valence-corrected chi connectivity index (χ3v) is 4.81. The number of aliphatic imine (C=N–C) groups is 1. The minimum atomic E-state index is 0.771. The lowest BCUT2D eigenvalue weighted by Gasteiger charge is -2.17. The summed E-state index contributed by atoms with van der Waals surface area (Å²) in [6.07, 6.45) is 7.97. The highest BCUT2D eigenvalue weighted by Crippen LogP contribution is 2.42. The van der Waals surface area contributed by atoms with Gasteiger partial charge in [0, 0.05) is 12.3 Å². The Morgan fingerprint density at radius 1 is 1.30 bits per heavy atom. The molecule has 0 radical (unpaired) electrons. The highest BCUT2D eigenvalue weighted by atomic mass is 14.9. The summed E-state index contributed by atoms with van der Waals surface area (Å²) in [5.41, 5.74) is 5.16. The van der Waals surface area contributed by atoms with Crippen molar-refractivity contribution in [2.75, 3.05) is 11.9 Å². The molecule has 2 nitrogen and oxygen atoms in total. The molecule has 0 spiro atoms. The summed E-state index contributed by atoms with van der Waals surface area (Å²) in [6.45, 7) is 5.40. The van der Waals surface area contributed by atoms with Crippen molar-refractivity contribution in [1.29, 1.82) is 0 Å². The van der Waals surface area contributed by atoms with E-state index in [1.807, 2.05) is 0 Å². The molecule has 1 aromatic rings. The minimum absolute atomic E-state index is 0.771.